The van der Waals surface area contributed by atoms with Crippen LogP contribution in [0.3, 0.4) is 0 Å². The number of hydrogen-bond donors (Lipinski definition) is 0. The number of esters is 1. The van der Waals surface area contributed by atoms with E-state index in [1.165, 1.54) is 0 Å². The topological polar surface area (TPSA) is 97.4 Å². The molecule has 0 aromatic rings. The van der Waals surface area contributed by atoms with Gasteiger partial charge in [0.25, 0.3) is 0 Å². The highest BCUT2D eigenvalue weighted by atomic mass is 16.7. The highest BCUT2D eigenvalue weighted by Crippen LogP contribution is 2.36. The number of carbonyl (C=O) groups is 3. The zero-order chi connectivity index (χ0) is 16.0. The second-order valence-corrected chi connectivity index (χ2v) is 4.88. The van der Waals surface area contributed by atoms with Crippen LogP contribution in [0, 0.1) is 5.41 Å². The zero-order valence-corrected chi connectivity index (χ0v) is 12.5. The lowest BCUT2D eigenvalue weighted by Crippen LogP contribution is -2.40. The van der Waals surface area contributed by atoms with Crippen molar-refractivity contribution in [1.29, 1.82) is 0 Å². The Hall–Kier alpha value is -1.99. The number of cyclic esters (lactones) is 1. The second kappa shape index (κ2) is 7.14. The van der Waals surface area contributed by atoms with Crippen LogP contribution in [0.25, 0.3) is 0 Å². The normalized spacial score (nSPS) is 23.1. The molecule has 2 atom stereocenters. The highest BCUT2D eigenvalue weighted by Gasteiger charge is 2.54. The van der Waals surface area contributed by atoms with Crippen LogP contribution >= 0.6 is 0 Å². The summed E-state index contributed by atoms with van der Waals surface area (Å²) in [6.45, 7) is 6.45. The van der Waals surface area contributed by atoms with Gasteiger partial charge in [-0.2, -0.15) is 0 Å². The molecule has 0 aliphatic carbocycles. The molecule has 21 heavy (non-hydrogen) atoms. The molecule has 1 rings (SSSR count). The van der Waals surface area contributed by atoms with Crippen LogP contribution in [0.1, 0.15) is 27.7 Å². The number of rotatable bonds is 5. The van der Waals surface area contributed by atoms with Gasteiger partial charge in [0.1, 0.15) is 12.0 Å². The number of carbonyl (C=O) groups excluding carboxylic acids is 3. The van der Waals surface area contributed by atoms with E-state index >= 15 is 0 Å². The molecule has 8 heteroatoms. The molecule has 0 radical (unpaired) electrons. The van der Waals surface area contributed by atoms with Crippen molar-refractivity contribution in [3.8, 4) is 0 Å². The minimum Gasteiger partial charge on any atom is -0.454 e. The van der Waals surface area contributed by atoms with Gasteiger partial charge in [-0.15, -0.1) is 0 Å². The first-order chi connectivity index (χ1) is 9.82. The quantitative estimate of drug-likeness (QED) is 0.558. The van der Waals surface area contributed by atoms with Crippen LogP contribution in [0.5, 0.6) is 0 Å². The van der Waals surface area contributed by atoms with Crippen LogP contribution in [-0.2, 0) is 28.5 Å². The van der Waals surface area contributed by atoms with Crippen molar-refractivity contribution in [2.45, 2.75) is 39.9 Å². The molecule has 0 spiro atoms. The van der Waals surface area contributed by atoms with Gasteiger partial charge in [-0.3, -0.25) is 4.79 Å². The molecular weight excluding hydrogens is 284 g/mol. The summed E-state index contributed by atoms with van der Waals surface area (Å²) in [4.78, 5) is 34.4. The SMILES string of the molecule is CCOC(=O)OC[C@H]1OC(=O)C(C)(C)[C@@H]1OC(=O)OCC. The first kappa shape index (κ1) is 17.1. The van der Waals surface area contributed by atoms with Crippen molar-refractivity contribution >= 4 is 18.3 Å². The molecule has 8 nitrogen and oxygen atoms in total. The average Bonchev–Trinajstić information content (AvgIpc) is 2.60. The molecule has 0 saturated carbocycles. The smallest absolute Gasteiger partial charge is 0.454 e. The maximum absolute atomic E-state index is 11.8. The highest BCUT2D eigenvalue weighted by molar-refractivity contribution is 5.80. The molecule has 1 saturated heterocycles. The van der Waals surface area contributed by atoms with Gasteiger partial charge in [0.2, 0.25) is 0 Å². The molecule has 0 bridgehead atoms. The lowest BCUT2D eigenvalue weighted by atomic mass is 9.86. The molecule has 0 aromatic carbocycles. The Labute approximate surface area is 122 Å². The van der Waals surface area contributed by atoms with E-state index in [1.807, 2.05) is 0 Å². The van der Waals surface area contributed by atoms with Crippen LogP contribution in [0.4, 0.5) is 9.59 Å². The molecule has 0 amide bonds. The third-order valence-electron chi connectivity index (χ3n) is 2.95. The molecule has 0 N–H and O–H groups in total. The summed E-state index contributed by atoms with van der Waals surface area (Å²) in [5.74, 6) is -0.547. The first-order valence-corrected chi connectivity index (χ1v) is 6.66. The van der Waals surface area contributed by atoms with Crippen molar-refractivity contribution in [2.24, 2.45) is 5.41 Å². The fourth-order valence-corrected chi connectivity index (χ4v) is 1.84. The monoisotopic (exact) mass is 304 g/mol. The van der Waals surface area contributed by atoms with Crippen LogP contribution in [0.15, 0.2) is 0 Å². The molecule has 1 aliphatic heterocycles. The van der Waals surface area contributed by atoms with Gasteiger partial charge in [-0.1, -0.05) is 0 Å². The maximum Gasteiger partial charge on any atom is 0.508 e. The van der Waals surface area contributed by atoms with Crippen LogP contribution in [-0.4, -0.2) is 50.3 Å². The number of ether oxygens (including phenoxy) is 5. The summed E-state index contributed by atoms with van der Waals surface area (Å²) in [5.41, 5.74) is -1.06. The Morgan fingerprint density at radius 1 is 1.10 bits per heavy atom. The summed E-state index contributed by atoms with van der Waals surface area (Å²) < 4.78 is 24.3. The molecule has 120 valence electrons. The second-order valence-electron chi connectivity index (χ2n) is 4.88. The zero-order valence-electron chi connectivity index (χ0n) is 12.5. The summed E-state index contributed by atoms with van der Waals surface area (Å²) >= 11 is 0. The van der Waals surface area contributed by atoms with Crippen molar-refractivity contribution < 1.29 is 38.1 Å². The van der Waals surface area contributed by atoms with E-state index in [4.69, 9.17) is 14.2 Å². The fraction of sp³-hybridized carbons (Fsp3) is 0.769. The molecule has 0 unspecified atom stereocenters. The predicted octanol–water partition coefficient (Wildman–Crippen LogP) is 1.65. The van der Waals surface area contributed by atoms with Gasteiger partial charge in [-0.25, -0.2) is 9.59 Å². The standard InChI is InChI=1S/C13H20O8/c1-5-17-11(15)19-7-8-9(21-12(16)18-6-2)13(3,4)10(14)20-8/h8-9H,5-7H2,1-4H3/t8-,9-/m1/s1. The summed E-state index contributed by atoms with van der Waals surface area (Å²) in [7, 11) is 0. The summed E-state index contributed by atoms with van der Waals surface area (Å²) in [6.07, 6.45) is -3.61. The van der Waals surface area contributed by atoms with Gasteiger partial charge in [0, 0.05) is 0 Å². The van der Waals surface area contributed by atoms with Gasteiger partial charge in [0.15, 0.2) is 12.2 Å². The van der Waals surface area contributed by atoms with E-state index in [0.717, 1.165) is 0 Å². The van der Waals surface area contributed by atoms with E-state index in [-0.39, 0.29) is 19.8 Å². The van der Waals surface area contributed by atoms with E-state index in [0.29, 0.717) is 0 Å². The van der Waals surface area contributed by atoms with Crippen molar-refractivity contribution in [1.82, 2.24) is 0 Å². The summed E-state index contributed by atoms with van der Waals surface area (Å²) in [5, 5.41) is 0. The molecule has 1 fully saturated rings. The van der Waals surface area contributed by atoms with Crippen molar-refractivity contribution in [2.75, 3.05) is 19.8 Å². The molecular formula is C13H20O8. The lowest BCUT2D eigenvalue weighted by Gasteiger charge is -2.24. The molecule has 1 heterocycles. The van der Waals surface area contributed by atoms with Gasteiger partial charge >= 0.3 is 18.3 Å². The Balaban J connectivity index is 2.69. The fourth-order valence-electron chi connectivity index (χ4n) is 1.84. The van der Waals surface area contributed by atoms with Crippen molar-refractivity contribution in [3.05, 3.63) is 0 Å². The molecule has 1 aliphatic rings. The van der Waals surface area contributed by atoms with Gasteiger partial charge < -0.3 is 23.7 Å². The average molecular weight is 304 g/mol. The Bertz CT molecular complexity index is 403. The van der Waals surface area contributed by atoms with E-state index in [2.05, 4.69) is 9.47 Å². The van der Waals surface area contributed by atoms with Gasteiger partial charge in [0.05, 0.1) is 13.2 Å². The Morgan fingerprint density at radius 3 is 2.24 bits per heavy atom. The minimum absolute atomic E-state index is 0.144. The third-order valence-corrected chi connectivity index (χ3v) is 2.95. The first-order valence-electron chi connectivity index (χ1n) is 6.66. The predicted molar refractivity (Wildman–Crippen MR) is 68.5 cm³/mol. The maximum atomic E-state index is 11.8. The van der Waals surface area contributed by atoms with E-state index in [1.54, 1.807) is 27.7 Å². The van der Waals surface area contributed by atoms with Crippen LogP contribution < -0.4 is 0 Å². The Kier molecular flexibility index (Phi) is 5.80. The largest absolute Gasteiger partial charge is 0.508 e. The van der Waals surface area contributed by atoms with E-state index < -0.39 is 35.9 Å². The molecule has 0 aromatic heterocycles. The lowest BCUT2D eigenvalue weighted by molar-refractivity contribution is -0.148. The van der Waals surface area contributed by atoms with E-state index in [9.17, 15) is 14.4 Å². The minimum atomic E-state index is -1.06. The third kappa shape index (κ3) is 4.24. The van der Waals surface area contributed by atoms with Crippen LogP contribution in [0.2, 0.25) is 0 Å². The Morgan fingerprint density at radius 2 is 1.67 bits per heavy atom. The van der Waals surface area contributed by atoms with Gasteiger partial charge in [-0.05, 0) is 27.7 Å². The van der Waals surface area contributed by atoms with Crippen molar-refractivity contribution in [3.63, 3.8) is 0 Å². The number of hydrogen-bond acceptors (Lipinski definition) is 8. The summed E-state index contributed by atoms with van der Waals surface area (Å²) in [6, 6.07) is 0.